The molecule has 0 atom stereocenters. The zero-order valence-electron chi connectivity index (χ0n) is 12.8. The number of aromatic amines is 1. The van der Waals surface area contributed by atoms with Gasteiger partial charge in [0.05, 0.1) is 11.8 Å². The van der Waals surface area contributed by atoms with Gasteiger partial charge in [-0.2, -0.15) is 0 Å². The van der Waals surface area contributed by atoms with Crippen molar-refractivity contribution in [3.8, 4) is 11.3 Å². The maximum absolute atomic E-state index is 4.66. The second-order valence-corrected chi connectivity index (χ2v) is 5.58. The Morgan fingerprint density at radius 1 is 1.23 bits per heavy atom. The van der Waals surface area contributed by atoms with Crippen LogP contribution in [0.2, 0.25) is 0 Å². The molecule has 0 spiro atoms. The highest BCUT2D eigenvalue weighted by Gasteiger charge is 2.14. The van der Waals surface area contributed by atoms with Crippen molar-refractivity contribution in [3.63, 3.8) is 0 Å². The number of hydrogen-bond donors (Lipinski definition) is 2. The van der Waals surface area contributed by atoms with E-state index in [1.807, 2.05) is 25.0 Å². The molecular formula is C17H17N5. The average Bonchev–Trinajstić information content (AvgIpc) is 3.10. The lowest BCUT2D eigenvalue weighted by Gasteiger charge is -2.02. The summed E-state index contributed by atoms with van der Waals surface area (Å²) in [7, 11) is 3.88. The number of H-pyrrole nitrogens is 1. The molecule has 0 amide bonds. The van der Waals surface area contributed by atoms with Gasteiger partial charge in [0.25, 0.3) is 0 Å². The van der Waals surface area contributed by atoms with E-state index in [1.165, 1.54) is 11.1 Å². The van der Waals surface area contributed by atoms with Crippen LogP contribution in [0.15, 0.2) is 36.7 Å². The molecule has 0 aliphatic rings. The molecule has 0 fully saturated rings. The van der Waals surface area contributed by atoms with Gasteiger partial charge >= 0.3 is 0 Å². The number of aromatic nitrogens is 4. The molecule has 0 radical (unpaired) electrons. The molecule has 0 aliphatic heterocycles. The maximum atomic E-state index is 4.66. The highest BCUT2D eigenvalue weighted by atomic mass is 15.1. The quantitative estimate of drug-likeness (QED) is 0.594. The van der Waals surface area contributed by atoms with Gasteiger partial charge in [0, 0.05) is 25.2 Å². The van der Waals surface area contributed by atoms with Gasteiger partial charge in [0.1, 0.15) is 11.2 Å². The predicted molar refractivity (Wildman–Crippen MR) is 90.1 cm³/mol. The van der Waals surface area contributed by atoms with Crippen LogP contribution in [0.4, 0.5) is 5.82 Å². The summed E-state index contributed by atoms with van der Waals surface area (Å²) >= 11 is 0. The smallest absolute Gasteiger partial charge is 0.156 e. The van der Waals surface area contributed by atoms with Gasteiger partial charge < -0.3 is 14.9 Å². The second-order valence-electron chi connectivity index (χ2n) is 5.58. The maximum Gasteiger partial charge on any atom is 0.156 e. The fourth-order valence-electron chi connectivity index (χ4n) is 2.94. The summed E-state index contributed by atoms with van der Waals surface area (Å²) < 4.78 is 2.04. The topological polar surface area (TPSA) is 58.5 Å². The van der Waals surface area contributed by atoms with E-state index in [-0.39, 0.29) is 0 Å². The van der Waals surface area contributed by atoms with Crippen LogP contribution in [0.3, 0.4) is 0 Å². The highest BCUT2D eigenvalue weighted by molar-refractivity contribution is 6.07. The second kappa shape index (κ2) is 4.59. The van der Waals surface area contributed by atoms with Crippen LogP contribution in [0.25, 0.3) is 33.3 Å². The molecule has 5 nitrogen and oxygen atoms in total. The first-order valence-electron chi connectivity index (χ1n) is 7.26. The van der Waals surface area contributed by atoms with Crippen molar-refractivity contribution >= 4 is 27.9 Å². The summed E-state index contributed by atoms with van der Waals surface area (Å²) in [4.78, 5) is 12.6. The van der Waals surface area contributed by atoms with Crippen molar-refractivity contribution in [2.45, 2.75) is 6.92 Å². The Kier molecular flexibility index (Phi) is 2.69. The molecule has 0 unspecified atom stereocenters. The highest BCUT2D eigenvalue weighted by Crippen LogP contribution is 2.31. The minimum absolute atomic E-state index is 0.792. The number of benzene rings is 1. The van der Waals surface area contributed by atoms with Crippen molar-refractivity contribution in [3.05, 3.63) is 42.2 Å². The molecule has 4 aromatic rings. The van der Waals surface area contributed by atoms with Crippen molar-refractivity contribution in [1.29, 1.82) is 0 Å². The predicted octanol–water partition coefficient (Wildman–Crippen LogP) is 3.47. The molecular weight excluding hydrogens is 274 g/mol. The lowest BCUT2D eigenvalue weighted by atomic mass is 10.1. The van der Waals surface area contributed by atoms with Gasteiger partial charge in [-0.15, -0.1) is 0 Å². The van der Waals surface area contributed by atoms with Crippen LogP contribution >= 0.6 is 0 Å². The first kappa shape index (κ1) is 12.9. The van der Waals surface area contributed by atoms with E-state index in [9.17, 15) is 0 Å². The number of nitrogens with zero attached hydrogens (tertiary/aromatic N) is 3. The lowest BCUT2D eigenvalue weighted by Crippen LogP contribution is -1.95. The molecule has 5 heteroatoms. The number of nitrogens with one attached hydrogen (secondary N) is 2. The number of pyridine rings is 1. The summed E-state index contributed by atoms with van der Waals surface area (Å²) in [5, 5.41) is 4.22. The normalized spacial score (nSPS) is 11.4. The number of fused-ring (bicyclic) bond motifs is 3. The summed E-state index contributed by atoms with van der Waals surface area (Å²) in [5.74, 6) is 0.792. The molecule has 2 N–H and O–H groups in total. The van der Waals surface area contributed by atoms with Crippen molar-refractivity contribution in [2.24, 2.45) is 7.05 Å². The Morgan fingerprint density at radius 3 is 2.86 bits per heavy atom. The van der Waals surface area contributed by atoms with E-state index in [0.29, 0.717) is 0 Å². The van der Waals surface area contributed by atoms with Crippen LogP contribution in [0.5, 0.6) is 0 Å². The van der Waals surface area contributed by atoms with E-state index in [1.54, 1.807) is 0 Å². The molecule has 0 saturated heterocycles. The zero-order chi connectivity index (χ0) is 15.3. The first-order valence-corrected chi connectivity index (χ1v) is 7.26. The van der Waals surface area contributed by atoms with Crippen LogP contribution < -0.4 is 5.32 Å². The van der Waals surface area contributed by atoms with Gasteiger partial charge in [0.2, 0.25) is 0 Å². The molecule has 0 saturated carbocycles. The number of imidazole rings is 1. The Hall–Kier alpha value is -2.82. The number of rotatable bonds is 2. The van der Waals surface area contributed by atoms with E-state index in [4.69, 9.17) is 0 Å². The van der Waals surface area contributed by atoms with E-state index < -0.39 is 0 Å². The Labute approximate surface area is 128 Å². The molecule has 0 aliphatic carbocycles. The largest absolute Gasteiger partial charge is 0.371 e. The Balaban J connectivity index is 2.05. The summed E-state index contributed by atoms with van der Waals surface area (Å²) in [5.41, 5.74) is 6.33. The third-order valence-corrected chi connectivity index (χ3v) is 4.00. The van der Waals surface area contributed by atoms with Crippen molar-refractivity contribution in [2.75, 3.05) is 12.4 Å². The monoisotopic (exact) mass is 291 g/mol. The van der Waals surface area contributed by atoms with Crippen molar-refractivity contribution < 1.29 is 0 Å². The fourth-order valence-corrected chi connectivity index (χ4v) is 2.94. The molecule has 22 heavy (non-hydrogen) atoms. The Bertz CT molecular complexity index is 993. The van der Waals surface area contributed by atoms with Gasteiger partial charge in [-0.1, -0.05) is 23.8 Å². The number of anilines is 1. The third-order valence-electron chi connectivity index (χ3n) is 4.00. The molecule has 4 rings (SSSR count). The van der Waals surface area contributed by atoms with Crippen LogP contribution in [0.1, 0.15) is 5.56 Å². The first-order chi connectivity index (χ1) is 10.7. The zero-order valence-corrected chi connectivity index (χ0v) is 12.8. The van der Waals surface area contributed by atoms with E-state index >= 15 is 0 Å². The average molecular weight is 291 g/mol. The third kappa shape index (κ3) is 1.79. The van der Waals surface area contributed by atoms with Crippen LogP contribution in [0, 0.1) is 6.92 Å². The minimum atomic E-state index is 0.792. The summed E-state index contributed by atoms with van der Waals surface area (Å²) in [6.45, 7) is 2.10. The van der Waals surface area contributed by atoms with E-state index in [2.05, 4.69) is 57.5 Å². The van der Waals surface area contributed by atoms with Crippen molar-refractivity contribution in [1.82, 2.24) is 19.5 Å². The Morgan fingerprint density at radius 2 is 2.09 bits per heavy atom. The summed E-state index contributed by atoms with van der Waals surface area (Å²) in [6, 6.07) is 10.6. The number of aryl methyl sites for hydroxylation is 2. The van der Waals surface area contributed by atoms with Gasteiger partial charge in [-0.3, -0.25) is 0 Å². The van der Waals surface area contributed by atoms with Gasteiger partial charge in [-0.05, 0) is 24.6 Å². The summed E-state index contributed by atoms with van der Waals surface area (Å²) in [6.07, 6.45) is 1.83. The minimum Gasteiger partial charge on any atom is -0.371 e. The molecule has 3 aromatic heterocycles. The van der Waals surface area contributed by atoms with Gasteiger partial charge in [-0.25, -0.2) is 9.97 Å². The SMILES string of the molecule is CNc1nc2[nH]c(-c3cccc(C)c3)cc2c2c1ncn2C. The molecule has 0 bridgehead atoms. The molecule has 3 heterocycles. The van der Waals surface area contributed by atoms with Gasteiger partial charge in [0.15, 0.2) is 5.82 Å². The fraction of sp³-hybridized carbons (Fsp3) is 0.176. The molecule has 1 aromatic carbocycles. The van der Waals surface area contributed by atoms with Crippen LogP contribution in [-0.2, 0) is 7.05 Å². The standard InChI is InChI=1S/C17H17N5/c1-10-5-4-6-11(7-10)13-8-12-15-14(19-9-22(15)3)17(18-2)21-16(12)20-13/h4-9H,1-3H3,(H2,18,20,21). The molecule has 110 valence electrons. The lowest BCUT2D eigenvalue weighted by molar-refractivity contribution is 0.951. The van der Waals surface area contributed by atoms with Crippen LogP contribution in [-0.4, -0.2) is 26.6 Å². The number of hydrogen-bond acceptors (Lipinski definition) is 3. The van der Waals surface area contributed by atoms with E-state index in [0.717, 1.165) is 33.6 Å².